The summed E-state index contributed by atoms with van der Waals surface area (Å²) >= 11 is 0. The minimum absolute atomic E-state index is 0.562. The zero-order valence-corrected chi connectivity index (χ0v) is 9.15. The number of nitrogen functional groups attached to an aromatic ring is 1. The Hall–Kier alpha value is -1.22. The number of hydrogen-bond donors (Lipinski definition) is 1. The Bertz CT molecular complexity index is 327. The molecule has 1 aliphatic heterocycles. The molecule has 1 saturated heterocycles. The lowest BCUT2D eigenvalue weighted by Crippen LogP contribution is -2.30. The molecule has 0 saturated carbocycles. The minimum Gasteiger partial charge on any atom is -0.492 e. The molecule has 0 spiro atoms. The highest BCUT2D eigenvalue weighted by Gasteiger charge is 2.21. The van der Waals surface area contributed by atoms with Crippen LogP contribution in [0.15, 0.2) is 24.3 Å². The standard InChI is InChI=1S/C12H18N2O/c1-14-7-3-5-11(14)9-15-12-6-2-4-10(13)8-12/h2,4,6,8,11H,3,5,7,9,13H2,1H3. The molecule has 1 aromatic carbocycles. The SMILES string of the molecule is CN1CCCC1COc1cccc(N)c1. The molecule has 1 aromatic rings. The zero-order valence-electron chi connectivity index (χ0n) is 9.15. The summed E-state index contributed by atoms with van der Waals surface area (Å²) < 4.78 is 5.72. The summed E-state index contributed by atoms with van der Waals surface area (Å²) in [6.45, 7) is 1.95. The van der Waals surface area contributed by atoms with Gasteiger partial charge in [-0.15, -0.1) is 0 Å². The molecule has 1 fully saturated rings. The van der Waals surface area contributed by atoms with Crippen molar-refractivity contribution < 1.29 is 4.74 Å². The Balaban J connectivity index is 1.87. The molecule has 0 radical (unpaired) electrons. The zero-order chi connectivity index (χ0) is 10.7. The van der Waals surface area contributed by atoms with Crippen LogP contribution in [0.25, 0.3) is 0 Å². The molecule has 1 atom stereocenters. The fraction of sp³-hybridized carbons (Fsp3) is 0.500. The van der Waals surface area contributed by atoms with Crippen LogP contribution in [0.1, 0.15) is 12.8 Å². The number of nitrogens with zero attached hydrogens (tertiary/aromatic N) is 1. The van der Waals surface area contributed by atoms with Crippen molar-refractivity contribution in [1.82, 2.24) is 4.90 Å². The number of likely N-dealkylation sites (tertiary alicyclic amines) is 1. The second kappa shape index (κ2) is 4.53. The predicted molar refractivity (Wildman–Crippen MR) is 62.0 cm³/mol. The van der Waals surface area contributed by atoms with Crippen LogP contribution in [0.4, 0.5) is 5.69 Å². The van der Waals surface area contributed by atoms with E-state index in [9.17, 15) is 0 Å². The van der Waals surface area contributed by atoms with Gasteiger partial charge in [0.2, 0.25) is 0 Å². The van der Waals surface area contributed by atoms with Crippen molar-refractivity contribution in [3.05, 3.63) is 24.3 Å². The van der Waals surface area contributed by atoms with Gasteiger partial charge in [-0.3, -0.25) is 0 Å². The third-order valence-corrected chi connectivity index (χ3v) is 2.97. The first kappa shape index (κ1) is 10.3. The molecule has 2 rings (SSSR count). The summed E-state index contributed by atoms with van der Waals surface area (Å²) in [7, 11) is 2.15. The highest BCUT2D eigenvalue weighted by atomic mass is 16.5. The average Bonchev–Trinajstić information content (AvgIpc) is 2.61. The van der Waals surface area contributed by atoms with Crippen molar-refractivity contribution in [2.24, 2.45) is 0 Å². The van der Waals surface area contributed by atoms with Gasteiger partial charge in [0.05, 0.1) is 0 Å². The summed E-state index contributed by atoms with van der Waals surface area (Å²) in [6, 6.07) is 8.17. The molecule has 3 heteroatoms. The average molecular weight is 206 g/mol. The van der Waals surface area contributed by atoms with E-state index in [2.05, 4.69) is 11.9 Å². The van der Waals surface area contributed by atoms with Crippen LogP contribution in [0, 0.1) is 0 Å². The van der Waals surface area contributed by atoms with E-state index in [1.165, 1.54) is 19.4 Å². The van der Waals surface area contributed by atoms with Crippen molar-refractivity contribution in [3.63, 3.8) is 0 Å². The van der Waals surface area contributed by atoms with Gasteiger partial charge in [0.1, 0.15) is 12.4 Å². The van der Waals surface area contributed by atoms with Crippen LogP contribution in [-0.2, 0) is 0 Å². The van der Waals surface area contributed by atoms with Gasteiger partial charge in [0.15, 0.2) is 0 Å². The van der Waals surface area contributed by atoms with Gasteiger partial charge in [-0.05, 0) is 38.6 Å². The van der Waals surface area contributed by atoms with Crippen LogP contribution in [0.3, 0.4) is 0 Å². The van der Waals surface area contributed by atoms with Gasteiger partial charge in [-0.1, -0.05) is 6.07 Å². The third-order valence-electron chi connectivity index (χ3n) is 2.97. The number of anilines is 1. The Kier molecular flexibility index (Phi) is 3.11. The van der Waals surface area contributed by atoms with Crippen LogP contribution in [-0.4, -0.2) is 31.1 Å². The van der Waals surface area contributed by atoms with Gasteiger partial charge in [-0.25, -0.2) is 0 Å². The molecular formula is C12H18N2O. The van der Waals surface area contributed by atoms with Gasteiger partial charge in [0.25, 0.3) is 0 Å². The van der Waals surface area contributed by atoms with Crippen molar-refractivity contribution in [2.75, 3.05) is 25.9 Å². The minimum atomic E-state index is 0.562. The summed E-state index contributed by atoms with van der Waals surface area (Å²) in [4.78, 5) is 2.35. The smallest absolute Gasteiger partial charge is 0.121 e. The lowest BCUT2D eigenvalue weighted by atomic mass is 10.2. The number of nitrogens with two attached hydrogens (primary N) is 1. The van der Waals surface area contributed by atoms with Gasteiger partial charge < -0.3 is 15.4 Å². The lowest BCUT2D eigenvalue weighted by Gasteiger charge is -2.19. The topological polar surface area (TPSA) is 38.5 Å². The molecule has 0 amide bonds. The molecule has 0 aliphatic carbocycles. The molecule has 82 valence electrons. The van der Waals surface area contributed by atoms with E-state index >= 15 is 0 Å². The van der Waals surface area contributed by atoms with Gasteiger partial charge in [0, 0.05) is 17.8 Å². The Morgan fingerprint density at radius 1 is 1.53 bits per heavy atom. The Morgan fingerprint density at radius 3 is 3.07 bits per heavy atom. The summed E-state index contributed by atoms with van der Waals surface area (Å²) in [6.07, 6.45) is 2.51. The Morgan fingerprint density at radius 2 is 2.40 bits per heavy atom. The second-order valence-corrected chi connectivity index (χ2v) is 4.16. The molecule has 2 N–H and O–H groups in total. The molecule has 1 unspecified atom stereocenters. The van der Waals surface area contributed by atoms with E-state index in [1.54, 1.807) is 0 Å². The van der Waals surface area contributed by atoms with E-state index in [0.717, 1.165) is 18.0 Å². The maximum atomic E-state index is 5.72. The Labute approximate surface area is 90.8 Å². The molecule has 3 nitrogen and oxygen atoms in total. The van der Waals surface area contributed by atoms with Crippen LogP contribution in [0.5, 0.6) is 5.75 Å². The first-order valence-electron chi connectivity index (χ1n) is 5.44. The molecule has 1 aliphatic rings. The molecule has 0 aromatic heterocycles. The maximum absolute atomic E-state index is 5.72. The third kappa shape index (κ3) is 2.63. The maximum Gasteiger partial charge on any atom is 0.121 e. The van der Waals surface area contributed by atoms with Crippen molar-refractivity contribution in [2.45, 2.75) is 18.9 Å². The van der Waals surface area contributed by atoms with Crippen LogP contribution in [0.2, 0.25) is 0 Å². The lowest BCUT2D eigenvalue weighted by molar-refractivity contribution is 0.198. The summed E-state index contributed by atoms with van der Waals surface area (Å²) in [5.74, 6) is 0.871. The second-order valence-electron chi connectivity index (χ2n) is 4.16. The first-order valence-corrected chi connectivity index (χ1v) is 5.44. The first-order chi connectivity index (χ1) is 7.25. The van der Waals surface area contributed by atoms with Crippen molar-refractivity contribution >= 4 is 5.69 Å². The number of ether oxygens (including phenoxy) is 1. The summed E-state index contributed by atoms with van der Waals surface area (Å²) in [5.41, 5.74) is 6.44. The fourth-order valence-electron chi connectivity index (χ4n) is 1.99. The quantitative estimate of drug-likeness (QED) is 0.766. The molecule has 1 heterocycles. The van der Waals surface area contributed by atoms with Crippen molar-refractivity contribution in [3.8, 4) is 5.75 Å². The van der Waals surface area contributed by atoms with Crippen molar-refractivity contribution in [1.29, 1.82) is 0 Å². The van der Waals surface area contributed by atoms with E-state index < -0.39 is 0 Å². The highest BCUT2D eigenvalue weighted by Crippen LogP contribution is 2.18. The largest absolute Gasteiger partial charge is 0.492 e. The molecular weight excluding hydrogens is 188 g/mol. The van der Waals surface area contributed by atoms with Crippen LogP contribution < -0.4 is 10.5 Å². The van der Waals surface area contributed by atoms with Crippen LogP contribution >= 0.6 is 0 Å². The number of rotatable bonds is 3. The van der Waals surface area contributed by atoms with E-state index in [1.807, 2.05) is 24.3 Å². The number of likely N-dealkylation sites (N-methyl/N-ethyl adjacent to an activating group) is 1. The van der Waals surface area contributed by atoms with E-state index in [0.29, 0.717) is 6.04 Å². The van der Waals surface area contributed by atoms with Gasteiger partial charge >= 0.3 is 0 Å². The number of benzene rings is 1. The normalized spacial score (nSPS) is 21.8. The molecule has 15 heavy (non-hydrogen) atoms. The van der Waals surface area contributed by atoms with E-state index in [-0.39, 0.29) is 0 Å². The van der Waals surface area contributed by atoms with Gasteiger partial charge in [-0.2, -0.15) is 0 Å². The highest BCUT2D eigenvalue weighted by molar-refractivity contribution is 5.43. The number of hydrogen-bond acceptors (Lipinski definition) is 3. The summed E-state index contributed by atoms with van der Waals surface area (Å²) in [5, 5.41) is 0. The fourth-order valence-corrected chi connectivity index (χ4v) is 1.99. The molecule has 0 bridgehead atoms. The monoisotopic (exact) mass is 206 g/mol. The predicted octanol–water partition coefficient (Wildman–Crippen LogP) is 1.74. The van der Waals surface area contributed by atoms with E-state index in [4.69, 9.17) is 10.5 Å².